The van der Waals surface area contributed by atoms with E-state index in [0.717, 1.165) is 5.56 Å². The van der Waals surface area contributed by atoms with Gasteiger partial charge in [0.2, 0.25) is 0 Å². The fraction of sp³-hybridized carbons (Fsp3) is 0.478. The number of H-pyrrole nitrogens is 1. The van der Waals surface area contributed by atoms with Crippen molar-refractivity contribution in [1.82, 2.24) is 14.5 Å². The second-order valence-corrected chi connectivity index (χ2v) is 8.92. The molecule has 2 heterocycles. The van der Waals surface area contributed by atoms with Crippen molar-refractivity contribution >= 4 is 12.1 Å². The standard InChI is InChI=1S/C23H29N3O6/c1-23(2,3)20-26(22(30)31-15-16-9-5-4-6-10-16)17(19(28)32-20)11-7-8-13-25-14-12-18(27)24-21(25)29/h4-6,9-10,12,14,17,20H,7-8,11,13,15H2,1-3H3,(H,24,27,29)/t17-,20-/m0/s1. The number of cyclic esters (lactones) is 1. The van der Waals surface area contributed by atoms with Crippen molar-refractivity contribution in [2.45, 2.75) is 65.5 Å². The van der Waals surface area contributed by atoms with Crippen LogP contribution in [0.5, 0.6) is 0 Å². The third kappa shape index (κ3) is 5.66. The maximum absolute atomic E-state index is 13.0. The summed E-state index contributed by atoms with van der Waals surface area (Å²) in [6.45, 7) is 6.18. The Balaban J connectivity index is 1.64. The van der Waals surface area contributed by atoms with E-state index >= 15 is 0 Å². The Labute approximate surface area is 186 Å². The van der Waals surface area contributed by atoms with Gasteiger partial charge in [0.05, 0.1) is 0 Å². The molecule has 2 atom stereocenters. The van der Waals surface area contributed by atoms with Gasteiger partial charge < -0.3 is 14.0 Å². The van der Waals surface area contributed by atoms with Gasteiger partial charge >= 0.3 is 17.8 Å². The minimum atomic E-state index is -0.755. The molecule has 1 aliphatic rings. The van der Waals surface area contributed by atoms with Crippen LogP contribution < -0.4 is 11.2 Å². The maximum Gasteiger partial charge on any atom is 0.413 e. The van der Waals surface area contributed by atoms with Crippen molar-refractivity contribution in [3.05, 3.63) is 69.0 Å². The molecule has 9 nitrogen and oxygen atoms in total. The van der Waals surface area contributed by atoms with Gasteiger partial charge in [0, 0.05) is 24.2 Å². The van der Waals surface area contributed by atoms with Crippen molar-refractivity contribution in [3.63, 3.8) is 0 Å². The molecule has 1 amide bonds. The van der Waals surface area contributed by atoms with E-state index in [9.17, 15) is 19.2 Å². The van der Waals surface area contributed by atoms with Crippen LogP contribution in [0.3, 0.4) is 0 Å². The van der Waals surface area contributed by atoms with Gasteiger partial charge in [-0.05, 0) is 24.8 Å². The number of ether oxygens (including phenoxy) is 2. The summed E-state index contributed by atoms with van der Waals surface area (Å²) in [4.78, 5) is 52.1. The van der Waals surface area contributed by atoms with E-state index in [0.29, 0.717) is 25.8 Å². The number of benzene rings is 1. The second kappa shape index (κ2) is 9.84. The van der Waals surface area contributed by atoms with Crippen molar-refractivity contribution < 1.29 is 19.1 Å². The van der Waals surface area contributed by atoms with Gasteiger partial charge in [-0.2, -0.15) is 0 Å². The lowest BCUT2D eigenvalue weighted by Crippen LogP contribution is -2.48. The van der Waals surface area contributed by atoms with Crippen LogP contribution in [0.15, 0.2) is 52.2 Å². The first-order valence-corrected chi connectivity index (χ1v) is 10.7. The minimum absolute atomic E-state index is 0.100. The van der Waals surface area contributed by atoms with Gasteiger partial charge in [0.25, 0.3) is 5.56 Å². The normalized spacial score (nSPS) is 18.5. The van der Waals surface area contributed by atoms with Crippen LogP contribution in [-0.2, 0) is 27.4 Å². The van der Waals surface area contributed by atoms with Gasteiger partial charge in [0.1, 0.15) is 12.6 Å². The third-order valence-electron chi connectivity index (χ3n) is 5.27. The SMILES string of the molecule is CC(C)(C)[C@@H]1OC(=O)[C@H](CCCCn2ccc(=O)[nH]c2=O)N1C(=O)OCc1ccccc1. The lowest BCUT2D eigenvalue weighted by molar-refractivity contribution is -0.147. The zero-order valence-corrected chi connectivity index (χ0v) is 18.6. The molecule has 0 saturated carbocycles. The van der Waals surface area contributed by atoms with Crippen LogP contribution in [0, 0.1) is 5.41 Å². The fourth-order valence-electron chi connectivity index (χ4n) is 3.63. The Hall–Kier alpha value is -3.36. The van der Waals surface area contributed by atoms with Crippen LogP contribution in [0.2, 0.25) is 0 Å². The van der Waals surface area contributed by atoms with Crippen LogP contribution in [0.25, 0.3) is 0 Å². The highest BCUT2D eigenvalue weighted by Gasteiger charge is 2.50. The average molecular weight is 444 g/mol. The van der Waals surface area contributed by atoms with E-state index in [1.165, 1.54) is 21.7 Å². The number of rotatable bonds is 7. The molecule has 9 heteroatoms. The molecule has 1 fully saturated rings. The number of unbranched alkanes of at least 4 members (excludes halogenated alkanes) is 1. The summed E-state index contributed by atoms with van der Waals surface area (Å²) in [6, 6.07) is 9.85. The number of aromatic amines is 1. The van der Waals surface area contributed by atoms with Crippen LogP contribution >= 0.6 is 0 Å². The molecule has 0 unspecified atom stereocenters. The quantitative estimate of drug-likeness (QED) is 0.520. The van der Waals surface area contributed by atoms with Gasteiger partial charge in [-0.1, -0.05) is 51.1 Å². The summed E-state index contributed by atoms with van der Waals surface area (Å²) in [7, 11) is 0. The number of aromatic nitrogens is 2. The number of carbonyl (C=O) groups excluding carboxylic acids is 2. The predicted molar refractivity (Wildman–Crippen MR) is 117 cm³/mol. The van der Waals surface area contributed by atoms with E-state index in [4.69, 9.17) is 9.47 Å². The molecule has 1 saturated heterocycles. The smallest absolute Gasteiger partial charge is 0.413 e. The van der Waals surface area contributed by atoms with Crippen LogP contribution in [0.4, 0.5) is 4.79 Å². The van der Waals surface area contributed by atoms with Gasteiger partial charge in [0.15, 0.2) is 6.23 Å². The van der Waals surface area contributed by atoms with Crippen molar-refractivity contribution in [3.8, 4) is 0 Å². The highest BCUT2D eigenvalue weighted by Crippen LogP contribution is 2.34. The monoisotopic (exact) mass is 443 g/mol. The summed E-state index contributed by atoms with van der Waals surface area (Å²) in [5.74, 6) is -0.456. The summed E-state index contributed by atoms with van der Waals surface area (Å²) in [5, 5.41) is 0. The number of hydrogen-bond donors (Lipinski definition) is 1. The molecule has 1 aromatic heterocycles. The number of nitrogens with zero attached hydrogens (tertiary/aromatic N) is 2. The number of nitrogens with one attached hydrogen (secondary N) is 1. The Bertz CT molecular complexity index is 1050. The Morgan fingerprint density at radius 3 is 2.47 bits per heavy atom. The molecule has 0 spiro atoms. The first-order valence-electron chi connectivity index (χ1n) is 10.7. The molecular formula is C23H29N3O6. The molecule has 172 valence electrons. The molecule has 1 aromatic carbocycles. The first kappa shape index (κ1) is 23.3. The first-order chi connectivity index (χ1) is 15.2. The number of hydrogen-bond acceptors (Lipinski definition) is 6. The van der Waals surface area contributed by atoms with Crippen molar-refractivity contribution in [1.29, 1.82) is 0 Å². The predicted octanol–water partition coefficient (Wildman–Crippen LogP) is 2.64. The largest absolute Gasteiger partial charge is 0.444 e. The molecule has 1 aliphatic heterocycles. The highest BCUT2D eigenvalue weighted by molar-refractivity contribution is 5.84. The number of esters is 1. The molecule has 0 aliphatic carbocycles. The van der Waals surface area contributed by atoms with E-state index in [2.05, 4.69) is 4.98 Å². The van der Waals surface area contributed by atoms with Gasteiger partial charge in [-0.15, -0.1) is 0 Å². The lowest BCUT2D eigenvalue weighted by atomic mass is 9.93. The fourth-order valence-corrected chi connectivity index (χ4v) is 3.63. The molecule has 1 N–H and O–H groups in total. The van der Waals surface area contributed by atoms with Gasteiger partial charge in [-0.25, -0.2) is 14.4 Å². The van der Waals surface area contributed by atoms with Crippen molar-refractivity contribution in [2.24, 2.45) is 5.41 Å². The molecular weight excluding hydrogens is 414 g/mol. The zero-order chi connectivity index (χ0) is 23.3. The number of carbonyl (C=O) groups is 2. The van der Waals surface area contributed by atoms with Crippen LogP contribution in [-0.4, -0.2) is 38.8 Å². The molecule has 32 heavy (non-hydrogen) atoms. The molecule has 0 bridgehead atoms. The van der Waals surface area contributed by atoms with E-state index in [1.807, 2.05) is 51.1 Å². The molecule has 2 aromatic rings. The Morgan fingerprint density at radius 2 is 1.81 bits per heavy atom. The maximum atomic E-state index is 13.0. The molecule has 0 radical (unpaired) electrons. The number of amides is 1. The Morgan fingerprint density at radius 1 is 1.09 bits per heavy atom. The summed E-state index contributed by atoms with van der Waals surface area (Å²) in [5.41, 5.74) is -0.559. The minimum Gasteiger partial charge on any atom is -0.444 e. The van der Waals surface area contributed by atoms with E-state index in [-0.39, 0.29) is 6.61 Å². The lowest BCUT2D eigenvalue weighted by Gasteiger charge is -2.33. The summed E-state index contributed by atoms with van der Waals surface area (Å²) < 4.78 is 12.5. The van der Waals surface area contributed by atoms with Crippen LogP contribution in [0.1, 0.15) is 45.6 Å². The average Bonchev–Trinajstić information content (AvgIpc) is 3.08. The number of aryl methyl sites for hydroxylation is 1. The summed E-state index contributed by atoms with van der Waals surface area (Å²) >= 11 is 0. The van der Waals surface area contributed by atoms with E-state index in [1.54, 1.807) is 0 Å². The second-order valence-electron chi connectivity index (χ2n) is 8.92. The summed E-state index contributed by atoms with van der Waals surface area (Å²) in [6.07, 6.45) is 1.65. The van der Waals surface area contributed by atoms with Crippen molar-refractivity contribution in [2.75, 3.05) is 0 Å². The highest BCUT2D eigenvalue weighted by atomic mass is 16.6. The topological polar surface area (TPSA) is 111 Å². The van der Waals surface area contributed by atoms with E-state index < -0.39 is 41.0 Å². The van der Waals surface area contributed by atoms with Gasteiger partial charge in [-0.3, -0.25) is 14.7 Å². The molecule has 3 rings (SSSR count). The zero-order valence-electron chi connectivity index (χ0n) is 18.6. The Kier molecular flexibility index (Phi) is 7.17. The third-order valence-corrected chi connectivity index (χ3v) is 5.27.